The van der Waals surface area contributed by atoms with Gasteiger partial charge in [-0.25, -0.2) is 0 Å². The topological polar surface area (TPSA) is 59.4 Å². The Kier molecular flexibility index (Phi) is 3.93. The number of phenolic OH excluding ortho intramolecular Hbond substituents is 1. The van der Waals surface area contributed by atoms with E-state index in [1.807, 2.05) is 6.07 Å². The average molecular weight is 255 g/mol. The van der Waals surface area contributed by atoms with Crippen LogP contribution in [0.25, 0.3) is 6.08 Å². The van der Waals surface area contributed by atoms with Crippen LogP contribution in [0.2, 0.25) is 0 Å². The number of methoxy groups -OCH3 is 1. The van der Waals surface area contributed by atoms with Gasteiger partial charge in [-0.3, -0.25) is 9.78 Å². The van der Waals surface area contributed by atoms with E-state index < -0.39 is 0 Å². The van der Waals surface area contributed by atoms with E-state index in [2.05, 4.69) is 4.98 Å². The van der Waals surface area contributed by atoms with E-state index in [0.717, 1.165) is 0 Å². The molecule has 0 unspecified atom stereocenters. The molecule has 1 aromatic carbocycles. The van der Waals surface area contributed by atoms with Crippen molar-refractivity contribution in [2.75, 3.05) is 7.11 Å². The lowest BCUT2D eigenvalue weighted by atomic mass is 10.1. The molecule has 0 spiro atoms. The Hall–Kier alpha value is -2.62. The summed E-state index contributed by atoms with van der Waals surface area (Å²) in [6, 6.07) is 9.94. The van der Waals surface area contributed by atoms with E-state index in [-0.39, 0.29) is 17.1 Å². The highest BCUT2D eigenvalue weighted by molar-refractivity contribution is 6.08. The number of carbonyl (C=O) groups is 1. The number of nitrogens with zero attached hydrogens (tertiary/aromatic N) is 1. The van der Waals surface area contributed by atoms with Gasteiger partial charge in [0.25, 0.3) is 0 Å². The molecule has 4 nitrogen and oxygen atoms in total. The molecule has 1 heterocycles. The van der Waals surface area contributed by atoms with Gasteiger partial charge in [0.1, 0.15) is 11.5 Å². The van der Waals surface area contributed by atoms with Crippen molar-refractivity contribution in [2.45, 2.75) is 0 Å². The minimum absolute atomic E-state index is 0.0727. The number of hydrogen-bond donors (Lipinski definition) is 1. The third-order valence-electron chi connectivity index (χ3n) is 2.56. The van der Waals surface area contributed by atoms with Gasteiger partial charge in [0.05, 0.1) is 18.4 Å². The van der Waals surface area contributed by atoms with Crippen LogP contribution in [-0.2, 0) is 0 Å². The van der Waals surface area contributed by atoms with E-state index in [1.54, 1.807) is 30.5 Å². The maximum absolute atomic E-state index is 12.0. The second-order valence-electron chi connectivity index (χ2n) is 3.84. The third-order valence-corrected chi connectivity index (χ3v) is 2.56. The van der Waals surface area contributed by atoms with Crippen molar-refractivity contribution < 1.29 is 14.6 Å². The normalized spacial score (nSPS) is 10.6. The highest BCUT2D eigenvalue weighted by Gasteiger charge is 2.09. The van der Waals surface area contributed by atoms with E-state index in [4.69, 9.17) is 4.74 Å². The molecule has 0 bridgehead atoms. The molecule has 4 heteroatoms. The highest BCUT2D eigenvalue weighted by atomic mass is 16.5. The van der Waals surface area contributed by atoms with Crippen LogP contribution < -0.4 is 4.74 Å². The van der Waals surface area contributed by atoms with Crippen molar-refractivity contribution in [3.63, 3.8) is 0 Å². The molecule has 2 aromatic rings. The van der Waals surface area contributed by atoms with Gasteiger partial charge in [-0.1, -0.05) is 6.07 Å². The van der Waals surface area contributed by atoms with E-state index >= 15 is 0 Å². The number of rotatable bonds is 4. The number of aromatic hydroxyl groups is 1. The summed E-state index contributed by atoms with van der Waals surface area (Å²) in [5.74, 6) is 0.144. The number of pyridine rings is 1. The summed E-state index contributed by atoms with van der Waals surface area (Å²) in [6.45, 7) is 0. The zero-order valence-corrected chi connectivity index (χ0v) is 10.4. The van der Waals surface area contributed by atoms with Gasteiger partial charge in [0, 0.05) is 6.20 Å². The lowest BCUT2D eigenvalue weighted by Crippen LogP contribution is -1.96. The van der Waals surface area contributed by atoms with Gasteiger partial charge in [0.2, 0.25) is 0 Å². The number of allylic oxidation sites excluding steroid dienone is 1. The Balaban J connectivity index is 2.23. The molecule has 0 saturated carbocycles. The zero-order chi connectivity index (χ0) is 13.7. The van der Waals surface area contributed by atoms with E-state index in [0.29, 0.717) is 11.4 Å². The molecule has 0 atom stereocenters. The first-order valence-corrected chi connectivity index (χ1v) is 5.71. The van der Waals surface area contributed by atoms with Crippen LogP contribution in [0.1, 0.15) is 16.1 Å². The van der Waals surface area contributed by atoms with Crippen molar-refractivity contribution in [1.82, 2.24) is 4.98 Å². The lowest BCUT2D eigenvalue weighted by molar-refractivity contribution is 0.104. The molecule has 0 aliphatic rings. The highest BCUT2D eigenvalue weighted by Crippen LogP contribution is 2.23. The largest absolute Gasteiger partial charge is 0.507 e. The smallest absolute Gasteiger partial charge is 0.189 e. The molecule has 0 amide bonds. The maximum atomic E-state index is 12.0. The van der Waals surface area contributed by atoms with Gasteiger partial charge in [-0.15, -0.1) is 0 Å². The Morgan fingerprint density at radius 2 is 2.16 bits per heavy atom. The van der Waals surface area contributed by atoms with Gasteiger partial charge in [-0.05, 0) is 42.5 Å². The summed E-state index contributed by atoms with van der Waals surface area (Å²) < 4.78 is 5.02. The Morgan fingerprint density at radius 3 is 2.84 bits per heavy atom. The van der Waals surface area contributed by atoms with E-state index in [9.17, 15) is 9.90 Å². The summed E-state index contributed by atoms with van der Waals surface area (Å²) in [5, 5.41) is 9.67. The number of hydrogen-bond acceptors (Lipinski definition) is 4. The minimum Gasteiger partial charge on any atom is -0.507 e. The van der Waals surface area contributed by atoms with Crippen molar-refractivity contribution >= 4 is 11.9 Å². The van der Waals surface area contributed by atoms with Crippen LogP contribution in [0.4, 0.5) is 0 Å². The molecular formula is C15H13NO3. The molecule has 96 valence electrons. The Morgan fingerprint density at radius 1 is 1.32 bits per heavy atom. The molecule has 0 saturated heterocycles. The summed E-state index contributed by atoms with van der Waals surface area (Å²) in [4.78, 5) is 16.1. The number of phenols is 1. The van der Waals surface area contributed by atoms with Crippen LogP contribution >= 0.6 is 0 Å². The van der Waals surface area contributed by atoms with Crippen molar-refractivity contribution in [2.24, 2.45) is 0 Å². The number of ketones is 1. The summed E-state index contributed by atoms with van der Waals surface area (Å²) in [6.07, 6.45) is 4.62. The van der Waals surface area contributed by atoms with E-state index in [1.165, 1.54) is 25.3 Å². The van der Waals surface area contributed by atoms with Crippen LogP contribution in [0.3, 0.4) is 0 Å². The molecule has 0 aliphatic heterocycles. The van der Waals surface area contributed by atoms with Crippen molar-refractivity contribution in [1.29, 1.82) is 0 Å². The number of benzene rings is 1. The van der Waals surface area contributed by atoms with Crippen LogP contribution in [0, 0.1) is 0 Å². The number of carbonyl (C=O) groups excluding carboxylic acids is 1. The predicted octanol–water partition coefficient (Wildman–Crippen LogP) is 2.69. The van der Waals surface area contributed by atoms with Crippen LogP contribution in [0.15, 0.2) is 48.7 Å². The number of ether oxygens (including phenoxy) is 1. The number of aromatic nitrogens is 1. The second kappa shape index (κ2) is 5.82. The molecule has 0 radical (unpaired) electrons. The SMILES string of the molecule is COc1ccc(O)c(C(=O)/C=C/c2ccccn2)c1. The summed E-state index contributed by atoms with van der Waals surface area (Å²) in [5.41, 5.74) is 0.879. The third kappa shape index (κ3) is 3.19. The van der Waals surface area contributed by atoms with Gasteiger partial charge < -0.3 is 9.84 Å². The molecule has 1 N–H and O–H groups in total. The standard InChI is InChI=1S/C15H13NO3/c1-19-12-6-8-15(18)13(10-12)14(17)7-5-11-4-2-3-9-16-11/h2-10,18H,1H3/b7-5+. The quantitative estimate of drug-likeness (QED) is 0.674. The molecule has 0 fully saturated rings. The average Bonchev–Trinajstić information content (AvgIpc) is 2.46. The van der Waals surface area contributed by atoms with Crippen molar-refractivity contribution in [3.8, 4) is 11.5 Å². The zero-order valence-electron chi connectivity index (χ0n) is 10.4. The molecule has 0 aliphatic carbocycles. The summed E-state index contributed by atoms with van der Waals surface area (Å²) in [7, 11) is 1.50. The van der Waals surface area contributed by atoms with Gasteiger partial charge in [-0.2, -0.15) is 0 Å². The molecular weight excluding hydrogens is 242 g/mol. The minimum atomic E-state index is -0.304. The fourth-order valence-electron chi connectivity index (χ4n) is 1.56. The van der Waals surface area contributed by atoms with Gasteiger partial charge in [0.15, 0.2) is 5.78 Å². The first-order valence-electron chi connectivity index (χ1n) is 5.71. The molecule has 2 rings (SSSR count). The second-order valence-corrected chi connectivity index (χ2v) is 3.84. The fourth-order valence-corrected chi connectivity index (χ4v) is 1.56. The Bertz CT molecular complexity index is 606. The van der Waals surface area contributed by atoms with Crippen molar-refractivity contribution in [3.05, 3.63) is 59.9 Å². The fraction of sp³-hybridized carbons (Fsp3) is 0.0667. The first-order chi connectivity index (χ1) is 9.20. The van der Waals surface area contributed by atoms with Crippen LogP contribution in [-0.4, -0.2) is 23.0 Å². The monoisotopic (exact) mass is 255 g/mol. The van der Waals surface area contributed by atoms with Crippen LogP contribution in [0.5, 0.6) is 11.5 Å². The predicted molar refractivity (Wildman–Crippen MR) is 72.3 cm³/mol. The molecule has 19 heavy (non-hydrogen) atoms. The first kappa shape index (κ1) is 12.8. The maximum Gasteiger partial charge on any atom is 0.189 e. The Labute approximate surface area is 111 Å². The lowest BCUT2D eigenvalue weighted by Gasteiger charge is -2.04. The van der Waals surface area contributed by atoms with Gasteiger partial charge >= 0.3 is 0 Å². The summed E-state index contributed by atoms with van der Waals surface area (Å²) >= 11 is 0. The molecule has 1 aromatic heterocycles.